The second-order valence-electron chi connectivity index (χ2n) is 5.41. The van der Waals surface area contributed by atoms with Crippen LogP contribution in [0.4, 0.5) is 0 Å². The smallest absolute Gasteiger partial charge is 0.227 e. The van der Waals surface area contributed by atoms with Crippen molar-refractivity contribution >= 4 is 5.91 Å². The van der Waals surface area contributed by atoms with E-state index < -0.39 is 5.41 Å². The van der Waals surface area contributed by atoms with E-state index in [1.165, 1.54) is 0 Å². The second kappa shape index (κ2) is 5.06. The summed E-state index contributed by atoms with van der Waals surface area (Å²) < 4.78 is 0. The van der Waals surface area contributed by atoms with Gasteiger partial charge in [0.05, 0.1) is 5.41 Å². The molecule has 1 aliphatic rings. The molecule has 2 atom stereocenters. The molecule has 1 aliphatic carbocycles. The van der Waals surface area contributed by atoms with E-state index in [0.29, 0.717) is 6.54 Å². The molecule has 4 heteroatoms. The number of aryl methyl sites for hydroxylation is 1. The van der Waals surface area contributed by atoms with Gasteiger partial charge in [0.15, 0.2) is 0 Å². The first-order valence-corrected chi connectivity index (χ1v) is 6.48. The molecule has 18 heavy (non-hydrogen) atoms. The highest BCUT2D eigenvalue weighted by Crippen LogP contribution is 2.36. The predicted octanol–water partition coefficient (Wildman–Crippen LogP) is 1.52. The van der Waals surface area contributed by atoms with Crippen LogP contribution < -0.4 is 11.1 Å². The Kier molecular flexibility index (Phi) is 3.66. The first-order chi connectivity index (χ1) is 8.52. The van der Waals surface area contributed by atoms with Crippen molar-refractivity contribution in [2.75, 3.05) is 0 Å². The molecule has 0 aromatic carbocycles. The van der Waals surface area contributed by atoms with Crippen LogP contribution in [0.2, 0.25) is 0 Å². The normalized spacial score (nSPS) is 27.2. The fourth-order valence-corrected chi connectivity index (χ4v) is 2.46. The van der Waals surface area contributed by atoms with E-state index in [-0.39, 0.29) is 11.9 Å². The Hall–Kier alpha value is -1.42. The number of nitrogens with zero attached hydrogens (tertiary/aromatic N) is 1. The first kappa shape index (κ1) is 13.0. The van der Waals surface area contributed by atoms with Gasteiger partial charge < -0.3 is 11.1 Å². The minimum atomic E-state index is -0.405. The first-order valence-electron chi connectivity index (χ1n) is 6.48. The predicted molar refractivity (Wildman–Crippen MR) is 70.8 cm³/mol. The molecular weight excluding hydrogens is 226 g/mol. The number of nitrogens with one attached hydrogen (secondary N) is 1. The van der Waals surface area contributed by atoms with Gasteiger partial charge in [0.25, 0.3) is 0 Å². The topological polar surface area (TPSA) is 68.0 Å². The van der Waals surface area contributed by atoms with Crippen molar-refractivity contribution in [1.29, 1.82) is 0 Å². The highest BCUT2D eigenvalue weighted by Gasteiger charge is 2.42. The van der Waals surface area contributed by atoms with Crippen molar-refractivity contribution < 1.29 is 4.79 Å². The lowest BCUT2D eigenvalue weighted by atomic mass is 9.84. The molecule has 4 nitrogen and oxygen atoms in total. The molecule has 0 aliphatic heterocycles. The van der Waals surface area contributed by atoms with E-state index in [1.54, 1.807) is 6.20 Å². The highest BCUT2D eigenvalue weighted by molar-refractivity contribution is 5.83. The van der Waals surface area contributed by atoms with Crippen molar-refractivity contribution in [3.05, 3.63) is 29.6 Å². The van der Waals surface area contributed by atoms with Crippen LogP contribution in [0.25, 0.3) is 0 Å². The Labute approximate surface area is 108 Å². The summed E-state index contributed by atoms with van der Waals surface area (Å²) in [5.41, 5.74) is 7.62. The summed E-state index contributed by atoms with van der Waals surface area (Å²) in [5.74, 6) is 0.0630. The van der Waals surface area contributed by atoms with E-state index >= 15 is 0 Å². The van der Waals surface area contributed by atoms with E-state index in [0.717, 1.165) is 30.5 Å². The molecule has 3 N–H and O–H groups in total. The van der Waals surface area contributed by atoms with Crippen molar-refractivity contribution in [3.8, 4) is 0 Å². The maximum atomic E-state index is 12.2. The Morgan fingerprint density at radius 3 is 2.94 bits per heavy atom. The lowest BCUT2D eigenvalue weighted by molar-refractivity contribution is -0.130. The maximum absolute atomic E-state index is 12.2. The summed E-state index contributed by atoms with van der Waals surface area (Å²) in [5, 5.41) is 2.97. The zero-order chi connectivity index (χ0) is 13.2. The molecular formula is C14H21N3O. The van der Waals surface area contributed by atoms with Gasteiger partial charge in [-0.25, -0.2) is 0 Å². The molecule has 1 heterocycles. The average Bonchev–Trinajstić information content (AvgIpc) is 2.70. The van der Waals surface area contributed by atoms with Crippen LogP contribution in [0.5, 0.6) is 0 Å². The third-order valence-electron chi connectivity index (χ3n) is 3.97. The number of amides is 1. The van der Waals surface area contributed by atoms with Gasteiger partial charge in [-0.1, -0.05) is 12.5 Å². The summed E-state index contributed by atoms with van der Waals surface area (Å²) in [6.07, 6.45) is 4.66. The van der Waals surface area contributed by atoms with Crippen molar-refractivity contribution in [2.24, 2.45) is 11.1 Å². The number of hydrogen-bond donors (Lipinski definition) is 2. The molecule has 1 fully saturated rings. The van der Waals surface area contributed by atoms with Gasteiger partial charge in [-0.2, -0.15) is 0 Å². The number of carbonyl (C=O) groups excluding carboxylic acids is 1. The van der Waals surface area contributed by atoms with Crippen molar-refractivity contribution in [1.82, 2.24) is 10.3 Å². The molecule has 1 aromatic heterocycles. The Morgan fingerprint density at radius 2 is 2.39 bits per heavy atom. The zero-order valence-corrected chi connectivity index (χ0v) is 11.1. The number of pyridine rings is 1. The van der Waals surface area contributed by atoms with Gasteiger partial charge >= 0.3 is 0 Å². The van der Waals surface area contributed by atoms with Gasteiger partial charge in [0.1, 0.15) is 0 Å². The number of carbonyl (C=O) groups is 1. The van der Waals surface area contributed by atoms with E-state index in [9.17, 15) is 4.79 Å². The van der Waals surface area contributed by atoms with Gasteiger partial charge in [0.2, 0.25) is 5.91 Å². The Bertz CT molecular complexity index is 429. The average molecular weight is 247 g/mol. The lowest BCUT2D eigenvalue weighted by Gasteiger charge is -2.27. The fourth-order valence-electron chi connectivity index (χ4n) is 2.46. The lowest BCUT2D eigenvalue weighted by Crippen LogP contribution is -2.47. The zero-order valence-electron chi connectivity index (χ0n) is 11.1. The van der Waals surface area contributed by atoms with Crippen LogP contribution in [0.15, 0.2) is 18.3 Å². The van der Waals surface area contributed by atoms with Crippen LogP contribution in [0.3, 0.4) is 0 Å². The summed E-state index contributed by atoms with van der Waals surface area (Å²) >= 11 is 0. The Morgan fingerprint density at radius 1 is 1.61 bits per heavy atom. The SMILES string of the molecule is Cc1ccc(CNC(=O)C2(C)CCCC2N)cn1. The molecule has 0 spiro atoms. The minimum absolute atomic E-state index is 0.0198. The van der Waals surface area contributed by atoms with Crippen LogP contribution in [0.1, 0.15) is 37.4 Å². The van der Waals surface area contributed by atoms with Gasteiger partial charge in [-0.15, -0.1) is 0 Å². The van der Waals surface area contributed by atoms with Crippen LogP contribution in [-0.2, 0) is 11.3 Å². The van der Waals surface area contributed by atoms with E-state index in [2.05, 4.69) is 10.3 Å². The summed E-state index contributed by atoms with van der Waals surface area (Å²) in [6, 6.07) is 3.91. The molecule has 1 saturated carbocycles. The molecule has 0 radical (unpaired) electrons. The molecule has 2 rings (SSSR count). The summed E-state index contributed by atoms with van der Waals surface area (Å²) in [4.78, 5) is 16.4. The molecule has 1 amide bonds. The second-order valence-corrected chi connectivity index (χ2v) is 5.41. The van der Waals surface area contributed by atoms with Crippen LogP contribution in [0, 0.1) is 12.3 Å². The third-order valence-corrected chi connectivity index (χ3v) is 3.97. The molecule has 0 saturated heterocycles. The number of hydrogen-bond acceptors (Lipinski definition) is 3. The quantitative estimate of drug-likeness (QED) is 0.851. The maximum Gasteiger partial charge on any atom is 0.227 e. The monoisotopic (exact) mass is 247 g/mol. The number of rotatable bonds is 3. The molecule has 1 aromatic rings. The molecule has 0 bridgehead atoms. The Balaban J connectivity index is 1.94. The van der Waals surface area contributed by atoms with E-state index in [1.807, 2.05) is 26.0 Å². The standard InChI is InChI=1S/C14H21N3O/c1-10-5-6-11(8-16-10)9-17-13(18)14(2)7-3-4-12(14)15/h5-6,8,12H,3-4,7,9,15H2,1-2H3,(H,17,18). The summed E-state index contributed by atoms with van der Waals surface area (Å²) in [6.45, 7) is 4.43. The van der Waals surface area contributed by atoms with Gasteiger partial charge in [-0.05, 0) is 38.3 Å². The van der Waals surface area contributed by atoms with E-state index in [4.69, 9.17) is 5.73 Å². The van der Waals surface area contributed by atoms with Crippen molar-refractivity contribution in [3.63, 3.8) is 0 Å². The van der Waals surface area contributed by atoms with Crippen molar-refractivity contribution in [2.45, 2.75) is 45.7 Å². The van der Waals surface area contributed by atoms with Gasteiger partial charge in [0, 0.05) is 24.5 Å². The van der Waals surface area contributed by atoms with Crippen LogP contribution in [-0.4, -0.2) is 16.9 Å². The third kappa shape index (κ3) is 2.53. The number of nitrogens with two attached hydrogens (primary N) is 1. The summed E-state index contributed by atoms with van der Waals surface area (Å²) in [7, 11) is 0. The largest absolute Gasteiger partial charge is 0.351 e. The number of aromatic nitrogens is 1. The highest BCUT2D eigenvalue weighted by atomic mass is 16.2. The van der Waals surface area contributed by atoms with Gasteiger partial charge in [-0.3, -0.25) is 9.78 Å². The van der Waals surface area contributed by atoms with Crippen LogP contribution >= 0.6 is 0 Å². The molecule has 98 valence electrons. The minimum Gasteiger partial charge on any atom is -0.351 e. The molecule has 2 unspecified atom stereocenters. The fraction of sp³-hybridized carbons (Fsp3) is 0.571.